The molecule has 2 aromatic rings. The number of rotatable bonds is 9. The summed E-state index contributed by atoms with van der Waals surface area (Å²) in [6, 6.07) is 12.4. The van der Waals surface area contributed by atoms with Gasteiger partial charge in [-0.05, 0) is 43.4 Å². The molecule has 1 heterocycles. The Morgan fingerprint density at radius 2 is 2.06 bits per heavy atom. The largest absolute Gasteiger partial charge is 0.391 e. The maximum absolute atomic E-state index is 15.3. The number of aliphatic hydroxyl groups excluding tert-OH is 1. The van der Waals surface area contributed by atoms with E-state index in [1.807, 2.05) is 37.3 Å². The SMILES string of the molecule is COCCCO[C@@H](c1cccc(F)c1-c1cccc(C)c1)C1CN(C(=O)[C@H]2C[C@@H](N)[C@@H](O)C2)CCO1. The van der Waals surface area contributed by atoms with E-state index in [2.05, 4.69) is 0 Å². The van der Waals surface area contributed by atoms with Crippen LogP contribution in [0.15, 0.2) is 42.5 Å². The zero-order valence-electron chi connectivity index (χ0n) is 21.1. The van der Waals surface area contributed by atoms with E-state index in [1.165, 1.54) is 6.07 Å². The van der Waals surface area contributed by atoms with Crippen molar-refractivity contribution in [2.24, 2.45) is 11.7 Å². The second-order valence-corrected chi connectivity index (χ2v) is 9.80. The lowest BCUT2D eigenvalue weighted by atomic mass is 9.91. The Balaban J connectivity index is 1.62. The van der Waals surface area contributed by atoms with Crippen LogP contribution in [-0.2, 0) is 19.0 Å². The molecule has 8 heteroatoms. The molecule has 0 aromatic heterocycles. The van der Waals surface area contributed by atoms with Crippen LogP contribution in [-0.4, -0.2) is 74.2 Å². The Labute approximate surface area is 212 Å². The van der Waals surface area contributed by atoms with Gasteiger partial charge in [-0.3, -0.25) is 4.79 Å². The van der Waals surface area contributed by atoms with Gasteiger partial charge in [0.15, 0.2) is 0 Å². The van der Waals surface area contributed by atoms with E-state index in [-0.39, 0.29) is 23.7 Å². The number of nitrogens with two attached hydrogens (primary N) is 1. The molecule has 1 saturated carbocycles. The molecule has 2 fully saturated rings. The first-order chi connectivity index (χ1) is 17.4. The fraction of sp³-hybridized carbons (Fsp3) is 0.536. The van der Waals surface area contributed by atoms with Crippen LogP contribution < -0.4 is 5.73 Å². The van der Waals surface area contributed by atoms with Gasteiger partial charge in [-0.15, -0.1) is 0 Å². The van der Waals surface area contributed by atoms with E-state index in [9.17, 15) is 9.90 Å². The molecule has 0 spiro atoms. The second-order valence-electron chi connectivity index (χ2n) is 9.80. The lowest BCUT2D eigenvalue weighted by molar-refractivity contribution is -0.152. The molecule has 36 heavy (non-hydrogen) atoms. The van der Waals surface area contributed by atoms with Crippen LogP contribution in [0.2, 0.25) is 0 Å². The molecule has 1 aliphatic heterocycles. The van der Waals surface area contributed by atoms with Crippen molar-refractivity contribution in [3.8, 4) is 11.1 Å². The third kappa shape index (κ3) is 6.12. The van der Waals surface area contributed by atoms with Gasteiger partial charge >= 0.3 is 0 Å². The minimum atomic E-state index is -0.656. The van der Waals surface area contributed by atoms with Gasteiger partial charge in [-0.1, -0.05) is 42.0 Å². The van der Waals surface area contributed by atoms with Crippen molar-refractivity contribution in [3.63, 3.8) is 0 Å². The van der Waals surface area contributed by atoms with E-state index < -0.39 is 18.3 Å². The van der Waals surface area contributed by atoms with Gasteiger partial charge in [0.2, 0.25) is 5.91 Å². The molecule has 1 aliphatic carbocycles. The van der Waals surface area contributed by atoms with Gasteiger partial charge in [0.05, 0.1) is 12.7 Å². The number of carbonyl (C=O) groups is 1. The fourth-order valence-electron chi connectivity index (χ4n) is 5.26. The van der Waals surface area contributed by atoms with Crippen molar-refractivity contribution in [2.75, 3.05) is 40.0 Å². The average molecular weight is 501 g/mol. The standard InChI is InChI=1S/C28H37FN2O5/c1-18-6-3-7-19(14-18)26-21(8-4-9-22(26)29)27(36-12-5-11-34-2)25-17-31(10-13-35-25)28(33)20-15-23(30)24(32)16-20/h3-4,6-9,14,20,23-25,27,32H,5,10-13,15-17,30H2,1-2H3/t20-,23+,24-,25?,27-/m0/s1. The summed E-state index contributed by atoms with van der Waals surface area (Å²) in [5, 5.41) is 10.0. The number of morpholine rings is 1. The summed E-state index contributed by atoms with van der Waals surface area (Å²) < 4.78 is 33.0. The van der Waals surface area contributed by atoms with E-state index in [0.717, 1.165) is 11.1 Å². The molecule has 196 valence electrons. The molecule has 4 rings (SSSR count). The van der Waals surface area contributed by atoms with Crippen molar-refractivity contribution >= 4 is 5.91 Å². The quantitative estimate of drug-likeness (QED) is 0.514. The van der Waals surface area contributed by atoms with Crippen LogP contribution in [0, 0.1) is 18.7 Å². The predicted octanol–water partition coefficient (Wildman–Crippen LogP) is 3.22. The predicted molar refractivity (Wildman–Crippen MR) is 135 cm³/mol. The smallest absolute Gasteiger partial charge is 0.226 e. The molecular weight excluding hydrogens is 463 g/mol. The normalized spacial score (nSPS) is 25.2. The van der Waals surface area contributed by atoms with Crippen LogP contribution in [0.1, 0.15) is 36.5 Å². The fourth-order valence-corrected chi connectivity index (χ4v) is 5.26. The molecule has 0 bridgehead atoms. The Morgan fingerprint density at radius 3 is 2.78 bits per heavy atom. The number of ether oxygens (including phenoxy) is 3. The van der Waals surface area contributed by atoms with Gasteiger partial charge in [0.25, 0.3) is 0 Å². The molecule has 0 radical (unpaired) electrons. The summed E-state index contributed by atoms with van der Waals surface area (Å²) in [4.78, 5) is 15.0. The molecule has 2 aliphatic rings. The van der Waals surface area contributed by atoms with Gasteiger partial charge in [-0.25, -0.2) is 4.39 Å². The van der Waals surface area contributed by atoms with Crippen molar-refractivity contribution < 1.29 is 28.5 Å². The molecule has 3 N–H and O–H groups in total. The highest BCUT2D eigenvalue weighted by Gasteiger charge is 2.40. The van der Waals surface area contributed by atoms with Crippen molar-refractivity contribution in [2.45, 2.75) is 50.5 Å². The number of methoxy groups -OCH3 is 1. The van der Waals surface area contributed by atoms with Crippen LogP contribution in [0.25, 0.3) is 11.1 Å². The Bertz CT molecular complexity index is 1020. The maximum Gasteiger partial charge on any atom is 0.226 e. The summed E-state index contributed by atoms with van der Waals surface area (Å²) in [5.41, 5.74) is 8.92. The number of hydrogen-bond acceptors (Lipinski definition) is 6. The molecule has 5 atom stereocenters. The van der Waals surface area contributed by atoms with E-state index >= 15 is 4.39 Å². The lowest BCUT2D eigenvalue weighted by Gasteiger charge is -2.38. The number of halogens is 1. The minimum absolute atomic E-state index is 0.0217. The highest BCUT2D eigenvalue weighted by atomic mass is 19.1. The van der Waals surface area contributed by atoms with E-state index in [4.69, 9.17) is 19.9 Å². The van der Waals surface area contributed by atoms with E-state index in [1.54, 1.807) is 18.1 Å². The maximum atomic E-state index is 15.3. The number of hydrogen-bond donors (Lipinski definition) is 2. The summed E-state index contributed by atoms with van der Waals surface area (Å²) in [6.07, 6.45) is -0.191. The third-order valence-corrected chi connectivity index (χ3v) is 7.12. The molecular formula is C28H37FN2O5. The molecule has 1 unspecified atom stereocenters. The lowest BCUT2D eigenvalue weighted by Crippen LogP contribution is -2.50. The first-order valence-corrected chi connectivity index (χ1v) is 12.7. The van der Waals surface area contributed by atoms with Crippen molar-refractivity contribution in [3.05, 3.63) is 59.4 Å². The minimum Gasteiger partial charge on any atom is -0.391 e. The highest BCUT2D eigenvalue weighted by molar-refractivity contribution is 5.79. The number of nitrogens with zero attached hydrogens (tertiary/aromatic N) is 1. The van der Waals surface area contributed by atoms with Crippen LogP contribution in [0.5, 0.6) is 0 Å². The average Bonchev–Trinajstić information content (AvgIpc) is 3.21. The first-order valence-electron chi connectivity index (χ1n) is 12.7. The zero-order valence-corrected chi connectivity index (χ0v) is 21.1. The van der Waals surface area contributed by atoms with Crippen LogP contribution >= 0.6 is 0 Å². The third-order valence-electron chi connectivity index (χ3n) is 7.12. The van der Waals surface area contributed by atoms with Crippen molar-refractivity contribution in [1.29, 1.82) is 0 Å². The van der Waals surface area contributed by atoms with Crippen LogP contribution in [0.3, 0.4) is 0 Å². The Morgan fingerprint density at radius 1 is 1.25 bits per heavy atom. The van der Waals surface area contributed by atoms with Gasteiger partial charge in [-0.2, -0.15) is 0 Å². The van der Waals surface area contributed by atoms with Crippen molar-refractivity contribution in [1.82, 2.24) is 4.90 Å². The molecule has 2 aromatic carbocycles. The number of benzene rings is 2. The number of carbonyl (C=O) groups excluding carboxylic acids is 1. The summed E-state index contributed by atoms with van der Waals surface area (Å²) >= 11 is 0. The number of aliphatic hydroxyl groups is 1. The Kier molecular flexibility index (Phi) is 9.09. The molecule has 1 saturated heterocycles. The Hall–Kier alpha value is -2.36. The highest BCUT2D eigenvalue weighted by Crippen LogP contribution is 2.37. The molecule has 1 amide bonds. The summed E-state index contributed by atoms with van der Waals surface area (Å²) in [6.45, 7) is 4.05. The van der Waals surface area contributed by atoms with Gasteiger partial charge in [0, 0.05) is 50.9 Å². The summed E-state index contributed by atoms with van der Waals surface area (Å²) in [7, 11) is 1.64. The monoisotopic (exact) mass is 500 g/mol. The topological polar surface area (TPSA) is 94.3 Å². The second kappa shape index (κ2) is 12.3. The van der Waals surface area contributed by atoms with Gasteiger partial charge < -0.3 is 30.0 Å². The number of amides is 1. The number of aryl methyl sites for hydroxylation is 1. The van der Waals surface area contributed by atoms with Gasteiger partial charge in [0.1, 0.15) is 18.0 Å². The van der Waals surface area contributed by atoms with E-state index in [0.29, 0.717) is 63.3 Å². The molecule has 7 nitrogen and oxygen atoms in total. The zero-order chi connectivity index (χ0) is 25.7. The first kappa shape index (κ1) is 26.7. The van der Waals surface area contributed by atoms with Crippen LogP contribution in [0.4, 0.5) is 4.39 Å². The summed E-state index contributed by atoms with van der Waals surface area (Å²) in [5.74, 6) is -0.653.